The number of carbonyl (C=O) groups is 1. The highest BCUT2D eigenvalue weighted by molar-refractivity contribution is 6.36. The lowest BCUT2D eigenvalue weighted by molar-refractivity contribution is -0.134. The maximum Gasteiger partial charge on any atom is 0.223 e. The van der Waals surface area contributed by atoms with Gasteiger partial charge in [0.15, 0.2) is 0 Å². The van der Waals surface area contributed by atoms with Gasteiger partial charge in [0.1, 0.15) is 0 Å². The van der Waals surface area contributed by atoms with Crippen molar-refractivity contribution in [3.63, 3.8) is 0 Å². The average Bonchev–Trinajstić information content (AvgIpc) is 2.79. The van der Waals surface area contributed by atoms with E-state index in [9.17, 15) is 4.79 Å². The first kappa shape index (κ1) is 26.6. The molecule has 0 aliphatic carbocycles. The van der Waals surface area contributed by atoms with Crippen molar-refractivity contribution < 1.29 is 4.79 Å². The van der Waals surface area contributed by atoms with Crippen LogP contribution in [0.5, 0.6) is 0 Å². The molecule has 2 heterocycles. The Kier molecular flexibility index (Phi) is 8.58. The zero-order chi connectivity index (χ0) is 25.2. The van der Waals surface area contributed by atoms with E-state index in [-0.39, 0.29) is 11.5 Å². The molecule has 4 rings (SSSR count). The van der Waals surface area contributed by atoms with Crippen molar-refractivity contribution in [2.24, 2.45) is 11.3 Å². The van der Waals surface area contributed by atoms with Crippen molar-refractivity contribution in [1.29, 1.82) is 0 Å². The first-order chi connectivity index (χ1) is 16.6. The van der Waals surface area contributed by atoms with Crippen LogP contribution in [0.15, 0.2) is 42.5 Å². The summed E-state index contributed by atoms with van der Waals surface area (Å²) in [6.07, 6.45) is 2.77. The third kappa shape index (κ3) is 7.07. The molecule has 4 nitrogen and oxygen atoms in total. The first-order valence-corrected chi connectivity index (χ1v) is 13.7. The summed E-state index contributed by atoms with van der Waals surface area (Å²) >= 11 is 19.0. The molecule has 2 saturated heterocycles. The highest BCUT2D eigenvalue weighted by Crippen LogP contribution is 2.37. The minimum absolute atomic E-state index is 0.0390. The van der Waals surface area contributed by atoms with Crippen LogP contribution in [0.1, 0.15) is 51.6 Å². The Hall–Kier alpha value is -1.46. The summed E-state index contributed by atoms with van der Waals surface area (Å²) in [6.45, 7) is 12.0. The molecule has 2 aliphatic heterocycles. The summed E-state index contributed by atoms with van der Waals surface area (Å²) < 4.78 is 0. The van der Waals surface area contributed by atoms with E-state index in [1.165, 1.54) is 5.56 Å². The van der Waals surface area contributed by atoms with Crippen molar-refractivity contribution in [2.75, 3.05) is 44.2 Å². The van der Waals surface area contributed by atoms with E-state index < -0.39 is 0 Å². The lowest BCUT2D eigenvalue weighted by Crippen LogP contribution is -2.51. The quantitative estimate of drug-likeness (QED) is 0.405. The van der Waals surface area contributed by atoms with Gasteiger partial charge >= 0.3 is 0 Å². The second-order valence-corrected chi connectivity index (χ2v) is 12.5. The Labute approximate surface area is 225 Å². The molecule has 2 aliphatic rings. The van der Waals surface area contributed by atoms with E-state index in [1.54, 1.807) is 0 Å². The average molecular weight is 537 g/mol. The van der Waals surface area contributed by atoms with Crippen LogP contribution < -0.4 is 4.90 Å². The maximum absolute atomic E-state index is 12.6. The fraction of sp³-hybridized carbons (Fsp3) is 0.536. The summed E-state index contributed by atoms with van der Waals surface area (Å²) in [4.78, 5) is 19.7. The molecular weight excluding hydrogens is 501 g/mol. The van der Waals surface area contributed by atoms with E-state index in [2.05, 4.69) is 47.6 Å². The number of nitrogens with zero attached hydrogens (tertiary/aromatic N) is 3. The summed E-state index contributed by atoms with van der Waals surface area (Å²) in [5.41, 5.74) is 2.28. The predicted molar refractivity (Wildman–Crippen MR) is 148 cm³/mol. The fourth-order valence-corrected chi connectivity index (χ4v) is 5.92. The van der Waals surface area contributed by atoms with Crippen molar-refractivity contribution in [3.05, 3.63) is 63.1 Å². The van der Waals surface area contributed by atoms with Gasteiger partial charge in [-0.05, 0) is 60.1 Å². The van der Waals surface area contributed by atoms with Gasteiger partial charge in [0.2, 0.25) is 5.91 Å². The van der Waals surface area contributed by atoms with Crippen LogP contribution in [0.4, 0.5) is 5.69 Å². The molecule has 0 saturated carbocycles. The van der Waals surface area contributed by atoms with Crippen molar-refractivity contribution >= 4 is 46.4 Å². The Morgan fingerprint density at radius 1 is 0.914 bits per heavy atom. The topological polar surface area (TPSA) is 26.8 Å². The standard InChI is InChI=1S/C28H36Cl3N3O/c1-28(2,3)17-27(35)33-12-10-20(11-13-33)18-32-14-15-34(25-9-8-23(30)16-24(25)31)26(19-32)21-4-6-22(29)7-5-21/h4-9,16,20,26H,10-15,17-19H2,1-3H3/t26-/m0/s1. The number of hydrogen-bond acceptors (Lipinski definition) is 3. The van der Waals surface area contributed by atoms with Crippen LogP contribution in [-0.2, 0) is 4.79 Å². The molecule has 1 amide bonds. The largest absolute Gasteiger partial charge is 0.361 e. The Bertz CT molecular complexity index is 1010. The van der Waals surface area contributed by atoms with E-state index in [4.69, 9.17) is 34.8 Å². The lowest BCUT2D eigenvalue weighted by Gasteiger charge is -2.45. The summed E-state index contributed by atoms with van der Waals surface area (Å²) in [5, 5.41) is 2.07. The van der Waals surface area contributed by atoms with Gasteiger partial charge in [0.25, 0.3) is 0 Å². The van der Waals surface area contributed by atoms with Crippen molar-refractivity contribution in [3.8, 4) is 0 Å². The van der Waals surface area contributed by atoms with Gasteiger partial charge in [0, 0.05) is 55.7 Å². The van der Waals surface area contributed by atoms with Gasteiger partial charge in [0.05, 0.1) is 16.8 Å². The van der Waals surface area contributed by atoms with Gasteiger partial charge in [-0.1, -0.05) is 67.7 Å². The zero-order valence-corrected chi connectivity index (χ0v) is 23.2. The smallest absolute Gasteiger partial charge is 0.223 e. The number of carbonyl (C=O) groups excluding carboxylic acids is 1. The van der Waals surface area contributed by atoms with E-state index >= 15 is 0 Å². The van der Waals surface area contributed by atoms with Crippen LogP contribution >= 0.6 is 34.8 Å². The van der Waals surface area contributed by atoms with Crippen LogP contribution in [0, 0.1) is 11.3 Å². The highest BCUT2D eigenvalue weighted by Gasteiger charge is 2.32. The molecule has 0 N–H and O–H groups in total. The fourth-order valence-electron chi connectivity index (χ4n) is 5.27. The molecule has 35 heavy (non-hydrogen) atoms. The number of hydrogen-bond donors (Lipinski definition) is 0. The van der Waals surface area contributed by atoms with Crippen molar-refractivity contribution in [1.82, 2.24) is 9.80 Å². The molecule has 0 spiro atoms. The molecule has 190 valence electrons. The summed E-state index contributed by atoms with van der Waals surface area (Å²) in [6, 6.07) is 14.1. The number of amides is 1. The number of halogens is 3. The molecule has 0 aromatic heterocycles. The molecule has 0 unspecified atom stereocenters. The SMILES string of the molecule is CC(C)(C)CC(=O)N1CCC(CN2CCN(c3ccc(Cl)cc3Cl)[C@H](c3ccc(Cl)cc3)C2)CC1. The second-order valence-electron chi connectivity index (χ2n) is 11.2. The summed E-state index contributed by atoms with van der Waals surface area (Å²) in [7, 11) is 0. The molecule has 1 atom stereocenters. The van der Waals surface area contributed by atoms with Gasteiger partial charge in [-0.25, -0.2) is 0 Å². The molecule has 2 aromatic carbocycles. The number of anilines is 1. The second kappa shape index (κ2) is 11.3. The van der Waals surface area contributed by atoms with Crippen molar-refractivity contribution in [2.45, 2.75) is 46.1 Å². The minimum atomic E-state index is 0.0390. The molecule has 0 bridgehead atoms. The Balaban J connectivity index is 1.42. The van der Waals surface area contributed by atoms with Gasteiger partial charge in [-0.2, -0.15) is 0 Å². The molecule has 0 radical (unpaired) electrons. The third-order valence-corrected chi connectivity index (χ3v) is 7.89. The van der Waals surface area contributed by atoms with Gasteiger partial charge in [-0.15, -0.1) is 0 Å². The van der Waals surface area contributed by atoms with Crippen LogP contribution in [0.2, 0.25) is 15.1 Å². The predicted octanol–water partition coefficient (Wildman–Crippen LogP) is 7.18. The van der Waals surface area contributed by atoms with E-state index in [1.807, 2.05) is 30.3 Å². The third-order valence-electron chi connectivity index (χ3n) is 7.10. The Morgan fingerprint density at radius 2 is 1.57 bits per heavy atom. The number of piperidine rings is 1. The molecule has 2 aromatic rings. The zero-order valence-electron chi connectivity index (χ0n) is 20.9. The van der Waals surface area contributed by atoms with E-state index in [0.717, 1.165) is 62.8 Å². The highest BCUT2D eigenvalue weighted by atomic mass is 35.5. The van der Waals surface area contributed by atoms with Crippen LogP contribution in [0.25, 0.3) is 0 Å². The van der Waals surface area contributed by atoms with Crippen LogP contribution in [-0.4, -0.2) is 55.0 Å². The van der Waals surface area contributed by atoms with Gasteiger partial charge < -0.3 is 9.80 Å². The number of rotatable bonds is 5. The molecular formula is C28H36Cl3N3O. The summed E-state index contributed by atoms with van der Waals surface area (Å²) in [5.74, 6) is 0.914. The molecule has 7 heteroatoms. The monoisotopic (exact) mass is 535 g/mol. The van der Waals surface area contributed by atoms with Gasteiger partial charge in [-0.3, -0.25) is 9.69 Å². The number of benzene rings is 2. The number of piperazine rings is 1. The first-order valence-electron chi connectivity index (χ1n) is 12.6. The minimum Gasteiger partial charge on any atom is -0.361 e. The lowest BCUT2D eigenvalue weighted by atomic mass is 9.90. The van der Waals surface area contributed by atoms with Crippen LogP contribution in [0.3, 0.4) is 0 Å². The Morgan fingerprint density at radius 3 is 2.20 bits per heavy atom. The van der Waals surface area contributed by atoms with E-state index in [0.29, 0.717) is 28.3 Å². The normalized spacial score (nSPS) is 20.3. The maximum atomic E-state index is 12.6. The molecule has 2 fully saturated rings. The number of likely N-dealkylation sites (tertiary alicyclic amines) is 1.